The summed E-state index contributed by atoms with van der Waals surface area (Å²) < 4.78 is 3.93. The van der Waals surface area contributed by atoms with Gasteiger partial charge in [-0.05, 0) is 42.5 Å². The van der Waals surface area contributed by atoms with Crippen molar-refractivity contribution in [1.29, 1.82) is 0 Å². The molecule has 1 aromatic heterocycles. The normalized spacial score (nSPS) is 10.7. The van der Waals surface area contributed by atoms with Crippen LogP contribution in [0.5, 0.6) is 0 Å². The summed E-state index contributed by atoms with van der Waals surface area (Å²) in [6.45, 7) is 0.506. The van der Waals surface area contributed by atoms with Crippen LogP contribution in [0.25, 0.3) is 10.2 Å². The molecule has 0 aliphatic rings. The van der Waals surface area contributed by atoms with Gasteiger partial charge in [0.25, 0.3) is 0 Å². The Hall–Kier alpha value is -2.18. The summed E-state index contributed by atoms with van der Waals surface area (Å²) in [5.41, 5.74) is 2.10. The van der Waals surface area contributed by atoms with Gasteiger partial charge in [0.15, 0.2) is 3.95 Å². The van der Waals surface area contributed by atoms with Crippen LogP contribution in [0.4, 0.5) is 5.69 Å². The zero-order valence-electron chi connectivity index (χ0n) is 10.9. The summed E-state index contributed by atoms with van der Waals surface area (Å²) in [4.78, 5) is 11.0. The number of fused-ring (bicyclic) bond motifs is 1. The molecule has 0 unspecified atom stereocenters. The van der Waals surface area contributed by atoms with Gasteiger partial charge < -0.3 is 15.0 Å². The highest BCUT2D eigenvalue weighted by atomic mass is 32.1. The number of benzene rings is 2. The maximum atomic E-state index is 11.0. The third-order valence-corrected chi connectivity index (χ3v) is 4.56. The second kappa shape index (κ2) is 5.67. The lowest BCUT2D eigenvalue weighted by atomic mass is 10.2. The van der Waals surface area contributed by atoms with E-state index in [1.807, 2.05) is 34.9 Å². The summed E-state index contributed by atoms with van der Waals surface area (Å²) in [7, 11) is 0. The van der Waals surface area contributed by atoms with E-state index in [-0.39, 0.29) is 5.56 Å². The maximum Gasteiger partial charge on any atom is 0.335 e. The van der Waals surface area contributed by atoms with E-state index in [1.165, 1.54) is 0 Å². The first-order valence-corrected chi connectivity index (χ1v) is 7.53. The third kappa shape index (κ3) is 2.81. The Bertz CT molecular complexity index is 867. The van der Waals surface area contributed by atoms with Gasteiger partial charge in [-0.25, -0.2) is 4.79 Å². The number of anilines is 1. The Balaban J connectivity index is 1.87. The molecule has 0 atom stereocenters. The van der Waals surface area contributed by atoms with Gasteiger partial charge in [-0.15, -0.1) is 11.3 Å². The smallest absolute Gasteiger partial charge is 0.335 e. The minimum absolute atomic E-state index is 0.263. The van der Waals surface area contributed by atoms with Crippen molar-refractivity contribution in [3.8, 4) is 0 Å². The molecule has 0 spiro atoms. The Morgan fingerprint density at radius 3 is 2.86 bits per heavy atom. The highest BCUT2D eigenvalue weighted by Crippen LogP contribution is 2.23. The van der Waals surface area contributed by atoms with Crippen LogP contribution in [0.2, 0.25) is 0 Å². The largest absolute Gasteiger partial charge is 0.478 e. The van der Waals surface area contributed by atoms with Gasteiger partial charge in [0.05, 0.1) is 22.4 Å². The highest BCUT2D eigenvalue weighted by molar-refractivity contribution is 7.73. The Morgan fingerprint density at radius 2 is 2.05 bits per heavy atom. The number of rotatable bonds is 4. The van der Waals surface area contributed by atoms with Gasteiger partial charge in [0.2, 0.25) is 0 Å². The van der Waals surface area contributed by atoms with Crippen molar-refractivity contribution in [2.24, 2.45) is 0 Å². The van der Waals surface area contributed by atoms with Crippen LogP contribution in [0.1, 0.15) is 10.4 Å². The number of nitrogens with zero attached hydrogens (tertiary/aromatic N) is 1. The Morgan fingerprint density at radius 1 is 1.24 bits per heavy atom. The van der Waals surface area contributed by atoms with Crippen LogP contribution in [-0.4, -0.2) is 15.6 Å². The highest BCUT2D eigenvalue weighted by Gasteiger charge is 2.05. The van der Waals surface area contributed by atoms with Crippen molar-refractivity contribution >= 4 is 45.4 Å². The van der Waals surface area contributed by atoms with Gasteiger partial charge in [0.1, 0.15) is 0 Å². The van der Waals surface area contributed by atoms with E-state index >= 15 is 0 Å². The molecular weight excluding hydrogens is 304 g/mol. The number of carbonyl (C=O) groups is 1. The SMILES string of the molecule is O=C(O)c1cccc(NCn2c(=S)sc3ccccc32)c1. The predicted molar refractivity (Wildman–Crippen MR) is 87.7 cm³/mol. The standard InChI is InChI=1S/C15H12N2O2S2/c18-14(19)10-4-3-5-11(8-10)16-9-17-12-6-1-2-7-13(12)21-15(17)20/h1-8,16H,9H2,(H,18,19). The van der Waals surface area contributed by atoms with Crippen molar-refractivity contribution in [1.82, 2.24) is 4.57 Å². The monoisotopic (exact) mass is 316 g/mol. The molecule has 0 amide bonds. The van der Waals surface area contributed by atoms with Crippen LogP contribution in [-0.2, 0) is 6.67 Å². The summed E-state index contributed by atoms with van der Waals surface area (Å²) >= 11 is 6.95. The number of carboxylic acid groups (broad SMARTS) is 1. The second-order valence-corrected chi connectivity index (χ2v) is 6.16. The van der Waals surface area contributed by atoms with Crippen molar-refractivity contribution < 1.29 is 9.90 Å². The van der Waals surface area contributed by atoms with Gasteiger partial charge in [0, 0.05) is 5.69 Å². The van der Waals surface area contributed by atoms with E-state index < -0.39 is 5.97 Å². The quantitative estimate of drug-likeness (QED) is 0.708. The lowest BCUT2D eigenvalue weighted by Gasteiger charge is -2.09. The molecule has 2 N–H and O–H groups in total. The molecule has 0 fully saturated rings. The molecule has 3 rings (SSSR count). The number of thiazole rings is 1. The van der Waals surface area contributed by atoms with Crippen LogP contribution < -0.4 is 5.32 Å². The summed E-state index contributed by atoms with van der Waals surface area (Å²) in [5, 5.41) is 12.2. The molecule has 0 bridgehead atoms. The molecule has 3 aromatic rings. The van der Waals surface area contributed by atoms with E-state index in [0.717, 1.165) is 19.9 Å². The zero-order chi connectivity index (χ0) is 14.8. The minimum atomic E-state index is -0.934. The molecule has 0 aliphatic heterocycles. The molecule has 0 saturated heterocycles. The summed E-state index contributed by atoms with van der Waals surface area (Å²) in [6, 6.07) is 14.8. The number of hydrogen-bond donors (Lipinski definition) is 2. The van der Waals surface area contributed by atoms with E-state index in [2.05, 4.69) is 5.32 Å². The van der Waals surface area contributed by atoms with E-state index in [4.69, 9.17) is 17.3 Å². The van der Waals surface area contributed by atoms with Crippen LogP contribution in [0.3, 0.4) is 0 Å². The summed E-state index contributed by atoms with van der Waals surface area (Å²) in [5.74, 6) is -0.934. The molecule has 2 aromatic carbocycles. The van der Waals surface area contributed by atoms with Crippen LogP contribution in [0, 0.1) is 3.95 Å². The molecule has 0 saturated carbocycles. The fraction of sp³-hybridized carbons (Fsp3) is 0.0667. The number of nitrogens with one attached hydrogen (secondary N) is 1. The average Bonchev–Trinajstić information content (AvgIpc) is 2.81. The number of para-hydroxylation sites is 1. The lowest BCUT2D eigenvalue weighted by molar-refractivity contribution is 0.0697. The molecule has 1 heterocycles. The Kier molecular flexibility index (Phi) is 3.72. The van der Waals surface area contributed by atoms with Crippen molar-refractivity contribution in [2.75, 3.05) is 5.32 Å². The number of aromatic nitrogens is 1. The first-order chi connectivity index (χ1) is 10.1. The van der Waals surface area contributed by atoms with E-state index in [1.54, 1.807) is 29.5 Å². The number of hydrogen-bond acceptors (Lipinski definition) is 4. The van der Waals surface area contributed by atoms with Gasteiger partial charge >= 0.3 is 5.97 Å². The van der Waals surface area contributed by atoms with Gasteiger partial charge in [-0.3, -0.25) is 0 Å². The van der Waals surface area contributed by atoms with Crippen molar-refractivity contribution in [3.05, 3.63) is 58.0 Å². The van der Waals surface area contributed by atoms with Gasteiger partial charge in [-0.2, -0.15) is 0 Å². The van der Waals surface area contributed by atoms with Crippen molar-refractivity contribution in [2.45, 2.75) is 6.67 Å². The second-order valence-electron chi connectivity index (χ2n) is 4.48. The van der Waals surface area contributed by atoms with Crippen LogP contribution >= 0.6 is 23.6 Å². The fourth-order valence-corrected chi connectivity index (χ4v) is 3.42. The third-order valence-electron chi connectivity index (χ3n) is 3.12. The molecule has 0 aliphatic carbocycles. The van der Waals surface area contributed by atoms with E-state index in [9.17, 15) is 4.79 Å². The average molecular weight is 316 g/mol. The molecule has 21 heavy (non-hydrogen) atoms. The summed E-state index contributed by atoms with van der Waals surface area (Å²) in [6.07, 6.45) is 0. The predicted octanol–water partition coefficient (Wildman–Crippen LogP) is 4.20. The zero-order valence-corrected chi connectivity index (χ0v) is 12.6. The maximum absolute atomic E-state index is 11.0. The minimum Gasteiger partial charge on any atom is -0.478 e. The first kappa shape index (κ1) is 13.8. The number of aromatic carboxylic acids is 1. The molecule has 106 valence electrons. The molecular formula is C15H12N2O2S2. The van der Waals surface area contributed by atoms with Gasteiger partial charge in [-0.1, -0.05) is 18.2 Å². The van der Waals surface area contributed by atoms with E-state index in [0.29, 0.717) is 6.67 Å². The van der Waals surface area contributed by atoms with Crippen LogP contribution in [0.15, 0.2) is 48.5 Å². The lowest BCUT2D eigenvalue weighted by Crippen LogP contribution is -2.08. The fourth-order valence-electron chi connectivity index (χ4n) is 2.10. The first-order valence-electron chi connectivity index (χ1n) is 6.31. The number of carboxylic acids is 1. The Labute approximate surface area is 130 Å². The topological polar surface area (TPSA) is 54.3 Å². The van der Waals surface area contributed by atoms with Crippen molar-refractivity contribution in [3.63, 3.8) is 0 Å². The molecule has 0 radical (unpaired) electrons. The molecule has 6 heteroatoms. The molecule has 4 nitrogen and oxygen atoms in total.